The monoisotopic (exact) mass is 206 g/mol. The molecule has 0 bridgehead atoms. The molecule has 0 fully saturated rings. The van der Waals surface area contributed by atoms with Crippen LogP contribution < -0.4 is 0 Å². The van der Waals surface area contributed by atoms with Crippen LogP contribution in [-0.4, -0.2) is 5.11 Å². The Kier molecular flexibility index (Phi) is 2.83. The minimum Gasteiger partial charge on any atom is -0.469 e. The van der Waals surface area contributed by atoms with E-state index in [0.717, 1.165) is 0 Å². The molecule has 3 heteroatoms. The smallest absolute Gasteiger partial charge is 0.123 e. The van der Waals surface area contributed by atoms with Gasteiger partial charge in [0, 0.05) is 6.42 Å². The maximum absolute atomic E-state index is 12.6. The molecule has 0 amide bonds. The van der Waals surface area contributed by atoms with E-state index in [1.807, 2.05) is 0 Å². The van der Waals surface area contributed by atoms with E-state index in [4.69, 9.17) is 4.42 Å². The Morgan fingerprint density at radius 1 is 1.20 bits per heavy atom. The Labute approximate surface area is 87.0 Å². The van der Waals surface area contributed by atoms with Crippen molar-refractivity contribution in [3.8, 4) is 0 Å². The van der Waals surface area contributed by atoms with Crippen LogP contribution in [0, 0.1) is 5.82 Å². The highest BCUT2D eigenvalue weighted by Gasteiger charge is 2.09. The van der Waals surface area contributed by atoms with Gasteiger partial charge in [-0.1, -0.05) is 12.1 Å². The zero-order valence-electron chi connectivity index (χ0n) is 8.06. The molecule has 2 nitrogen and oxygen atoms in total. The Morgan fingerprint density at radius 2 is 1.93 bits per heavy atom. The molecule has 1 N–H and O–H groups in total. The molecule has 78 valence electrons. The number of benzene rings is 1. The summed E-state index contributed by atoms with van der Waals surface area (Å²) < 4.78 is 17.7. The maximum atomic E-state index is 12.6. The second-order valence-corrected chi connectivity index (χ2v) is 3.35. The van der Waals surface area contributed by atoms with Gasteiger partial charge in [-0.3, -0.25) is 0 Å². The zero-order valence-corrected chi connectivity index (χ0v) is 8.06. The van der Waals surface area contributed by atoms with Gasteiger partial charge in [-0.05, 0) is 29.8 Å². The molecule has 0 aliphatic rings. The molecule has 1 aromatic heterocycles. The number of hydrogen-bond donors (Lipinski definition) is 1. The van der Waals surface area contributed by atoms with Crippen molar-refractivity contribution >= 4 is 0 Å². The molecule has 2 aromatic rings. The number of halogens is 1. The van der Waals surface area contributed by atoms with Crippen molar-refractivity contribution < 1.29 is 13.9 Å². The molecule has 1 heterocycles. The standard InChI is InChI=1S/C12H11FO2/c13-10-5-3-9(4-6-10)12(14)8-11-2-1-7-15-11/h1-7,12,14H,8H2. The molecule has 0 spiro atoms. The van der Waals surface area contributed by atoms with Gasteiger partial charge in [0.25, 0.3) is 0 Å². The molecule has 2 rings (SSSR count). The number of hydrogen-bond acceptors (Lipinski definition) is 2. The predicted molar refractivity (Wildman–Crippen MR) is 53.8 cm³/mol. The van der Waals surface area contributed by atoms with Crippen LogP contribution in [0.3, 0.4) is 0 Å². The number of rotatable bonds is 3. The minimum absolute atomic E-state index is 0.302. The largest absolute Gasteiger partial charge is 0.469 e. The molecule has 1 atom stereocenters. The second kappa shape index (κ2) is 4.28. The van der Waals surface area contributed by atoms with E-state index in [2.05, 4.69) is 0 Å². The van der Waals surface area contributed by atoms with Gasteiger partial charge in [-0.2, -0.15) is 0 Å². The number of furan rings is 1. The highest BCUT2D eigenvalue weighted by atomic mass is 19.1. The first kappa shape index (κ1) is 9.93. The topological polar surface area (TPSA) is 33.4 Å². The molecule has 15 heavy (non-hydrogen) atoms. The summed E-state index contributed by atoms with van der Waals surface area (Å²) in [6, 6.07) is 9.38. The van der Waals surface area contributed by atoms with E-state index >= 15 is 0 Å². The molecule has 0 aliphatic carbocycles. The lowest BCUT2D eigenvalue weighted by atomic mass is 10.1. The molecule has 1 aromatic carbocycles. The van der Waals surface area contributed by atoms with Gasteiger partial charge in [-0.15, -0.1) is 0 Å². The lowest BCUT2D eigenvalue weighted by molar-refractivity contribution is 0.170. The van der Waals surface area contributed by atoms with Gasteiger partial charge >= 0.3 is 0 Å². The van der Waals surface area contributed by atoms with Gasteiger partial charge in [0.15, 0.2) is 0 Å². The summed E-state index contributed by atoms with van der Waals surface area (Å²) in [6.07, 6.45) is 1.31. The number of aliphatic hydroxyl groups excluding tert-OH is 1. The van der Waals surface area contributed by atoms with E-state index in [1.54, 1.807) is 30.5 Å². The Bertz CT molecular complexity index is 406. The summed E-state index contributed by atoms with van der Waals surface area (Å²) in [5.74, 6) is 0.413. The molecule has 0 aliphatic heterocycles. The lowest BCUT2D eigenvalue weighted by Crippen LogP contribution is -2.00. The zero-order chi connectivity index (χ0) is 10.7. The first-order valence-corrected chi connectivity index (χ1v) is 4.71. The molecule has 0 radical (unpaired) electrons. The van der Waals surface area contributed by atoms with E-state index in [1.165, 1.54) is 12.1 Å². The van der Waals surface area contributed by atoms with Crippen LogP contribution in [0.1, 0.15) is 17.4 Å². The van der Waals surface area contributed by atoms with Crippen molar-refractivity contribution in [2.24, 2.45) is 0 Å². The third-order valence-corrected chi connectivity index (χ3v) is 2.23. The predicted octanol–water partition coefficient (Wildman–Crippen LogP) is 2.69. The highest BCUT2D eigenvalue weighted by molar-refractivity contribution is 5.19. The van der Waals surface area contributed by atoms with E-state index < -0.39 is 6.10 Å². The summed E-state index contributed by atoms with van der Waals surface area (Å²) >= 11 is 0. The fourth-order valence-corrected chi connectivity index (χ4v) is 1.42. The van der Waals surface area contributed by atoms with Gasteiger partial charge in [-0.25, -0.2) is 4.39 Å². The summed E-state index contributed by atoms with van der Waals surface area (Å²) in [5.41, 5.74) is 0.688. The molecular weight excluding hydrogens is 195 g/mol. The van der Waals surface area contributed by atoms with Crippen molar-refractivity contribution in [1.29, 1.82) is 0 Å². The quantitative estimate of drug-likeness (QED) is 0.837. The first-order valence-electron chi connectivity index (χ1n) is 4.71. The van der Waals surface area contributed by atoms with Gasteiger partial charge < -0.3 is 9.52 Å². The summed E-state index contributed by atoms with van der Waals surface area (Å²) in [6.45, 7) is 0. The van der Waals surface area contributed by atoms with Gasteiger partial charge in [0.2, 0.25) is 0 Å². The van der Waals surface area contributed by atoms with Crippen molar-refractivity contribution in [3.63, 3.8) is 0 Å². The lowest BCUT2D eigenvalue weighted by Gasteiger charge is -2.08. The Hall–Kier alpha value is -1.61. The first-order chi connectivity index (χ1) is 7.25. The van der Waals surface area contributed by atoms with Crippen LogP contribution >= 0.6 is 0 Å². The molecule has 0 saturated carbocycles. The fourth-order valence-electron chi connectivity index (χ4n) is 1.42. The van der Waals surface area contributed by atoms with Crippen LogP contribution in [0.5, 0.6) is 0 Å². The molecule has 1 unspecified atom stereocenters. The summed E-state index contributed by atoms with van der Waals surface area (Å²) in [4.78, 5) is 0. The van der Waals surface area contributed by atoms with Crippen LogP contribution in [-0.2, 0) is 6.42 Å². The summed E-state index contributed by atoms with van der Waals surface area (Å²) in [5, 5.41) is 9.80. The van der Waals surface area contributed by atoms with E-state index in [-0.39, 0.29) is 5.82 Å². The third-order valence-electron chi connectivity index (χ3n) is 2.23. The normalized spacial score (nSPS) is 12.7. The number of aliphatic hydroxyl groups is 1. The molecular formula is C12H11FO2. The van der Waals surface area contributed by atoms with Gasteiger partial charge in [0.1, 0.15) is 11.6 Å². The Morgan fingerprint density at radius 3 is 2.53 bits per heavy atom. The average Bonchev–Trinajstić information content (AvgIpc) is 2.71. The minimum atomic E-state index is -0.656. The van der Waals surface area contributed by atoms with Crippen molar-refractivity contribution in [2.45, 2.75) is 12.5 Å². The average molecular weight is 206 g/mol. The van der Waals surface area contributed by atoms with E-state index in [0.29, 0.717) is 17.7 Å². The Balaban J connectivity index is 2.08. The molecule has 0 saturated heterocycles. The maximum Gasteiger partial charge on any atom is 0.123 e. The summed E-state index contributed by atoms with van der Waals surface area (Å²) in [7, 11) is 0. The highest BCUT2D eigenvalue weighted by Crippen LogP contribution is 2.18. The van der Waals surface area contributed by atoms with Crippen LogP contribution in [0.15, 0.2) is 47.1 Å². The van der Waals surface area contributed by atoms with Crippen molar-refractivity contribution in [2.75, 3.05) is 0 Å². The van der Waals surface area contributed by atoms with Crippen LogP contribution in [0.25, 0.3) is 0 Å². The van der Waals surface area contributed by atoms with Crippen molar-refractivity contribution in [3.05, 3.63) is 59.8 Å². The second-order valence-electron chi connectivity index (χ2n) is 3.35. The van der Waals surface area contributed by atoms with Crippen LogP contribution in [0.2, 0.25) is 0 Å². The van der Waals surface area contributed by atoms with Crippen LogP contribution in [0.4, 0.5) is 4.39 Å². The van der Waals surface area contributed by atoms with Gasteiger partial charge in [0.05, 0.1) is 12.4 Å². The van der Waals surface area contributed by atoms with Crippen molar-refractivity contribution in [1.82, 2.24) is 0 Å². The SMILES string of the molecule is OC(Cc1ccco1)c1ccc(F)cc1. The fraction of sp³-hybridized carbons (Fsp3) is 0.167. The third kappa shape index (κ3) is 2.44. The van der Waals surface area contributed by atoms with E-state index in [9.17, 15) is 9.50 Å².